The molecule has 4 heterocycles. The summed E-state index contributed by atoms with van der Waals surface area (Å²) in [5, 5.41) is 8.74. The van der Waals surface area contributed by atoms with Gasteiger partial charge in [-0.15, -0.1) is 5.10 Å². The number of hydrogen-bond donors (Lipinski definition) is 0. The number of rotatable bonds is 5. The smallest absolute Gasteiger partial charge is 0.276 e. The molecule has 186 valence electrons. The molecule has 0 spiro atoms. The molecule has 35 heavy (non-hydrogen) atoms. The van der Waals surface area contributed by atoms with Crippen LogP contribution in [0.25, 0.3) is 11.0 Å². The lowest BCUT2D eigenvalue weighted by molar-refractivity contribution is -0.0411. The molecule has 9 heteroatoms. The summed E-state index contributed by atoms with van der Waals surface area (Å²) in [7, 11) is 0. The molecule has 2 aromatic heterocycles. The fourth-order valence-corrected chi connectivity index (χ4v) is 5.60. The first-order valence-corrected chi connectivity index (χ1v) is 12.3. The third-order valence-corrected chi connectivity index (χ3v) is 7.50. The summed E-state index contributed by atoms with van der Waals surface area (Å²) < 4.78 is 26.9. The SMILES string of the molecule is CC(C)(C)C1(Cc2cc3c(nn2)OCCO3)CCCCN1CCn1c(=O)cnc2ccc(F)cc21. The third kappa shape index (κ3) is 4.49. The summed E-state index contributed by atoms with van der Waals surface area (Å²) in [6.07, 6.45) is 5.24. The minimum atomic E-state index is -0.377. The van der Waals surface area contributed by atoms with E-state index in [1.54, 1.807) is 10.6 Å². The molecule has 5 rings (SSSR count). The van der Waals surface area contributed by atoms with Crippen LogP contribution in [0.5, 0.6) is 11.6 Å². The molecule has 2 aliphatic heterocycles. The molecular weight excluding hydrogens is 449 g/mol. The zero-order chi connectivity index (χ0) is 24.6. The molecule has 8 nitrogen and oxygen atoms in total. The highest BCUT2D eigenvalue weighted by Crippen LogP contribution is 2.45. The van der Waals surface area contributed by atoms with Crippen molar-refractivity contribution < 1.29 is 13.9 Å². The fraction of sp³-hybridized carbons (Fsp3) is 0.538. The van der Waals surface area contributed by atoms with Gasteiger partial charge in [-0.2, -0.15) is 5.10 Å². The van der Waals surface area contributed by atoms with E-state index in [9.17, 15) is 9.18 Å². The first kappa shape index (κ1) is 23.7. The van der Waals surface area contributed by atoms with Gasteiger partial charge in [0, 0.05) is 31.1 Å². The molecule has 0 radical (unpaired) electrons. The second-order valence-electron chi connectivity index (χ2n) is 10.5. The van der Waals surface area contributed by atoms with Crippen molar-refractivity contribution in [1.82, 2.24) is 24.6 Å². The quantitative estimate of drug-likeness (QED) is 0.551. The van der Waals surface area contributed by atoms with E-state index in [-0.39, 0.29) is 22.3 Å². The third-order valence-electron chi connectivity index (χ3n) is 7.50. The number of hydrogen-bond acceptors (Lipinski definition) is 7. The molecule has 2 aliphatic rings. The van der Waals surface area contributed by atoms with Crippen molar-refractivity contribution in [3.63, 3.8) is 0 Å². The van der Waals surface area contributed by atoms with E-state index in [1.807, 2.05) is 6.07 Å². The molecule has 0 aliphatic carbocycles. The summed E-state index contributed by atoms with van der Waals surface area (Å²) in [6.45, 7) is 9.80. The first-order chi connectivity index (χ1) is 16.8. The average molecular weight is 482 g/mol. The van der Waals surface area contributed by atoms with Crippen molar-refractivity contribution in [1.29, 1.82) is 0 Å². The van der Waals surface area contributed by atoms with Crippen LogP contribution in [0.1, 0.15) is 45.7 Å². The van der Waals surface area contributed by atoms with Crippen LogP contribution in [-0.4, -0.2) is 56.5 Å². The Morgan fingerprint density at radius 1 is 1.09 bits per heavy atom. The first-order valence-electron chi connectivity index (χ1n) is 12.3. The van der Waals surface area contributed by atoms with Gasteiger partial charge in [0.2, 0.25) is 0 Å². The molecule has 3 aromatic rings. The number of piperidine rings is 1. The van der Waals surface area contributed by atoms with Gasteiger partial charge in [0.05, 0.1) is 22.9 Å². The number of ether oxygens (including phenoxy) is 2. The second kappa shape index (κ2) is 9.18. The lowest BCUT2D eigenvalue weighted by Crippen LogP contribution is -2.61. The van der Waals surface area contributed by atoms with E-state index in [1.165, 1.54) is 18.3 Å². The Morgan fingerprint density at radius 2 is 1.91 bits per heavy atom. The van der Waals surface area contributed by atoms with Gasteiger partial charge in [0.25, 0.3) is 11.4 Å². The maximum atomic E-state index is 14.0. The molecule has 0 N–H and O–H groups in total. The van der Waals surface area contributed by atoms with E-state index in [0.29, 0.717) is 55.4 Å². The van der Waals surface area contributed by atoms with Crippen LogP contribution >= 0.6 is 0 Å². The summed E-state index contributed by atoms with van der Waals surface area (Å²) in [5.41, 5.74) is 1.51. The van der Waals surface area contributed by atoms with E-state index in [2.05, 4.69) is 40.9 Å². The summed E-state index contributed by atoms with van der Waals surface area (Å²) in [6, 6.07) is 6.32. The molecule has 1 unspecified atom stereocenters. The molecule has 1 atom stereocenters. The maximum Gasteiger partial charge on any atom is 0.276 e. The fourth-order valence-electron chi connectivity index (χ4n) is 5.60. The Morgan fingerprint density at radius 3 is 2.74 bits per heavy atom. The molecule has 0 amide bonds. The van der Waals surface area contributed by atoms with Crippen LogP contribution < -0.4 is 15.0 Å². The minimum absolute atomic E-state index is 0.0697. The topological polar surface area (TPSA) is 82.4 Å². The highest BCUT2D eigenvalue weighted by molar-refractivity contribution is 5.74. The Labute approximate surface area is 204 Å². The predicted octanol–water partition coefficient (Wildman–Crippen LogP) is 3.61. The Balaban J connectivity index is 1.47. The molecule has 1 fully saturated rings. The monoisotopic (exact) mass is 481 g/mol. The van der Waals surface area contributed by atoms with Gasteiger partial charge in [0.15, 0.2) is 5.75 Å². The van der Waals surface area contributed by atoms with E-state index in [0.717, 1.165) is 31.5 Å². The van der Waals surface area contributed by atoms with Crippen molar-refractivity contribution in [2.24, 2.45) is 5.41 Å². The predicted molar refractivity (Wildman–Crippen MR) is 130 cm³/mol. The Bertz CT molecular complexity index is 1290. The number of fused-ring (bicyclic) bond motifs is 2. The van der Waals surface area contributed by atoms with Crippen LogP contribution in [0.4, 0.5) is 4.39 Å². The number of aromatic nitrogens is 4. The molecule has 0 saturated carbocycles. The maximum absolute atomic E-state index is 14.0. The standard InChI is InChI=1S/C26H32FN5O3/c1-25(2,3)26(16-19-15-22-24(30-29-19)35-13-12-34-22)8-4-5-9-31(26)10-11-32-21-14-18(27)6-7-20(21)28-17-23(32)33/h6-7,14-15,17H,4-5,8-13,16H2,1-3H3. The van der Waals surface area contributed by atoms with Crippen molar-refractivity contribution in [2.45, 2.75) is 58.5 Å². The zero-order valence-corrected chi connectivity index (χ0v) is 20.6. The second-order valence-corrected chi connectivity index (χ2v) is 10.5. The van der Waals surface area contributed by atoms with E-state index < -0.39 is 0 Å². The lowest BCUT2D eigenvalue weighted by Gasteiger charge is -2.55. The minimum Gasteiger partial charge on any atom is -0.484 e. The number of benzene rings is 1. The summed E-state index contributed by atoms with van der Waals surface area (Å²) in [5.74, 6) is 0.712. The van der Waals surface area contributed by atoms with Gasteiger partial charge in [-0.1, -0.05) is 27.2 Å². The zero-order valence-electron chi connectivity index (χ0n) is 20.6. The Hall–Kier alpha value is -3.07. The van der Waals surface area contributed by atoms with Crippen molar-refractivity contribution in [3.05, 3.63) is 52.3 Å². The van der Waals surface area contributed by atoms with Crippen molar-refractivity contribution in [3.8, 4) is 11.6 Å². The van der Waals surface area contributed by atoms with Gasteiger partial charge in [-0.3, -0.25) is 9.69 Å². The Kier molecular flexibility index (Phi) is 6.21. The van der Waals surface area contributed by atoms with Gasteiger partial charge in [-0.05, 0) is 43.0 Å². The van der Waals surface area contributed by atoms with Crippen LogP contribution in [-0.2, 0) is 13.0 Å². The molecule has 0 bridgehead atoms. The average Bonchev–Trinajstić information content (AvgIpc) is 2.83. The van der Waals surface area contributed by atoms with Crippen molar-refractivity contribution in [2.75, 3.05) is 26.3 Å². The molecule has 1 saturated heterocycles. The van der Waals surface area contributed by atoms with Crippen LogP contribution in [0.2, 0.25) is 0 Å². The number of halogens is 1. The van der Waals surface area contributed by atoms with Crippen LogP contribution in [0, 0.1) is 11.2 Å². The van der Waals surface area contributed by atoms with E-state index in [4.69, 9.17) is 9.47 Å². The highest BCUT2D eigenvalue weighted by atomic mass is 19.1. The van der Waals surface area contributed by atoms with Gasteiger partial charge in [0.1, 0.15) is 19.0 Å². The van der Waals surface area contributed by atoms with Crippen LogP contribution in [0.3, 0.4) is 0 Å². The largest absolute Gasteiger partial charge is 0.484 e. The summed E-state index contributed by atoms with van der Waals surface area (Å²) in [4.78, 5) is 19.4. The van der Waals surface area contributed by atoms with Gasteiger partial charge >= 0.3 is 0 Å². The molecular formula is C26H32FN5O3. The van der Waals surface area contributed by atoms with Gasteiger partial charge in [-0.25, -0.2) is 9.37 Å². The molecule has 1 aromatic carbocycles. The van der Waals surface area contributed by atoms with Crippen molar-refractivity contribution >= 4 is 11.0 Å². The number of nitrogens with zero attached hydrogens (tertiary/aromatic N) is 5. The van der Waals surface area contributed by atoms with Crippen LogP contribution in [0.15, 0.2) is 35.3 Å². The van der Waals surface area contributed by atoms with E-state index >= 15 is 0 Å². The number of likely N-dealkylation sites (tertiary alicyclic amines) is 1. The summed E-state index contributed by atoms with van der Waals surface area (Å²) >= 11 is 0. The highest BCUT2D eigenvalue weighted by Gasteiger charge is 2.48. The lowest BCUT2D eigenvalue weighted by atomic mass is 9.65. The van der Waals surface area contributed by atoms with Gasteiger partial charge < -0.3 is 14.0 Å². The normalized spacial score (nSPS) is 20.8.